The smallest absolute Gasteiger partial charge is 0.196 e. The van der Waals surface area contributed by atoms with Crippen LogP contribution in [0.4, 0.5) is 0 Å². The lowest BCUT2D eigenvalue weighted by molar-refractivity contribution is 0.340. The topological polar surface area (TPSA) is 75.2 Å². The maximum atomic E-state index is 5.60. The Bertz CT molecular complexity index is 1150. The van der Waals surface area contributed by atoms with Crippen LogP contribution in [0.15, 0.2) is 58.2 Å². The van der Waals surface area contributed by atoms with Gasteiger partial charge in [0, 0.05) is 22.6 Å². The van der Waals surface area contributed by atoms with E-state index in [1.54, 1.807) is 18.9 Å². The van der Waals surface area contributed by atoms with Crippen LogP contribution in [0, 0.1) is 13.8 Å². The van der Waals surface area contributed by atoms with Crippen LogP contribution in [0.5, 0.6) is 11.5 Å². The number of hydrogen-bond donors (Lipinski definition) is 0. The number of methoxy groups -OCH3 is 1. The molecule has 0 atom stereocenters. The number of thioether (sulfide) groups is 1. The summed E-state index contributed by atoms with van der Waals surface area (Å²) >= 11 is 1.59. The molecule has 0 unspecified atom stereocenters. The molecule has 0 fully saturated rings. The van der Waals surface area contributed by atoms with E-state index in [4.69, 9.17) is 14.0 Å². The summed E-state index contributed by atoms with van der Waals surface area (Å²) in [6.07, 6.45) is 0. The van der Waals surface area contributed by atoms with Crippen LogP contribution >= 0.6 is 11.8 Å². The van der Waals surface area contributed by atoms with Crippen molar-refractivity contribution in [3.63, 3.8) is 0 Å². The van der Waals surface area contributed by atoms with Crippen molar-refractivity contribution < 1.29 is 14.0 Å². The molecule has 0 aliphatic rings. The van der Waals surface area contributed by atoms with Crippen LogP contribution < -0.4 is 9.47 Å². The Morgan fingerprint density at radius 3 is 2.52 bits per heavy atom. The normalized spacial score (nSPS) is 11.0. The predicted molar refractivity (Wildman–Crippen MR) is 120 cm³/mol. The van der Waals surface area contributed by atoms with Crippen molar-refractivity contribution in [3.8, 4) is 28.6 Å². The third-order valence-corrected chi connectivity index (χ3v) is 5.85. The summed E-state index contributed by atoms with van der Waals surface area (Å²) in [6.45, 7) is 6.47. The highest BCUT2D eigenvalue weighted by atomic mass is 32.2. The summed E-state index contributed by atoms with van der Waals surface area (Å²) in [6, 6.07) is 15.7. The highest BCUT2D eigenvalue weighted by Gasteiger charge is 2.18. The molecular formula is C23H24N4O3S. The van der Waals surface area contributed by atoms with Crippen molar-refractivity contribution in [1.82, 2.24) is 19.9 Å². The van der Waals surface area contributed by atoms with Crippen molar-refractivity contribution in [3.05, 3.63) is 65.5 Å². The lowest BCUT2D eigenvalue weighted by Gasteiger charge is -2.12. The second-order valence-corrected chi connectivity index (χ2v) is 7.83. The number of ether oxygens (including phenoxy) is 2. The molecular weight excluding hydrogens is 412 g/mol. The Labute approximate surface area is 185 Å². The largest absolute Gasteiger partial charge is 0.497 e. The zero-order valence-electron chi connectivity index (χ0n) is 18.0. The first-order valence-electron chi connectivity index (χ1n) is 9.98. The van der Waals surface area contributed by atoms with Gasteiger partial charge in [-0.3, -0.25) is 4.57 Å². The summed E-state index contributed by atoms with van der Waals surface area (Å²) < 4.78 is 18.3. The summed E-state index contributed by atoms with van der Waals surface area (Å²) in [5, 5.41) is 13.8. The zero-order valence-corrected chi connectivity index (χ0v) is 18.8. The van der Waals surface area contributed by atoms with Crippen LogP contribution in [0.25, 0.3) is 17.1 Å². The van der Waals surface area contributed by atoms with Gasteiger partial charge in [-0.1, -0.05) is 29.1 Å². The molecule has 0 bridgehead atoms. The third kappa shape index (κ3) is 4.44. The average molecular weight is 437 g/mol. The van der Waals surface area contributed by atoms with Gasteiger partial charge in [-0.05, 0) is 57.2 Å². The van der Waals surface area contributed by atoms with Gasteiger partial charge >= 0.3 is 0 Å². The van der Waals surface area contributed by atoms with Crippen LogP contribution in [-0.2, 0) is 5.75 Å². The summed E-state index contributed by atoms with van der Waals surface area (Å²) in [5.74, 6) is 3.85. The van der Waals surface area contributed by atoms with E-state index >= 15 is 0 Å². The van der Waals surface area contributed by atoms with Crippen molar-refractivity contribution in [2.75, 3.05) is 13.7 Å². The lowest BCUT2D eigenvalue weighted by Crippen LogP contribution is -2.01. The minimum atomic E-state index is 0.625. The second kappa shape index (κ2) is 9.26. The first-order valence-corrected chi connectivity index (χ1v) is 11.0. The van der Waals surface area contributed by atoms with Crippen molar-refractivity contribution in [2.24, 2.45) is 0 Å². The molecule has 0 amide bonds. The number of aromatic nitrogens is 4. The summed E-state index contributed by atoms with van der Waals surface area (Å²) in [4.78, 5) is 0. The summed E-state index contributed by atoms with van der Waals surface area (Å²) in [5.41, 5.74) is 3.84. The van der Waals surface area contributed by atoms with Gasteiger partial charge in [0.05, 0.1) is 19.4 Å². The molecule has 0 aliphatic carbocycles. The monoisotopic (exact) mass is 436 g/mol. The Balaban J connectivity index is 1.75. The van der Waals surface area contributed by atoms with E-state index in [0.717, 1.165) is 50.7 Å². The lowest BCUT2D eigenvalue weighted by atomic mass is 10.2. The molecule has 2 heterocycles. The molecule has 2 aromatic heterocycles. The van der Waals surface area contributed by atoms with Gasteiger partial charge in [0.1, 0.15) is 17.3 Å². The highest BCUT2D eigenvalue weighted by molar-refractivity contribution is 7.98. The highest BCUT2D eigenvalue weighted by Crippen LogP contribution is 2.32. The fraction of sp³-hybridized carbons (Fsp3) is 0.261. The minimum absolute atomic E-state index is 0.625. The molecule has 7 nitrogen and oxygen atoms in total. The maximum Gasteiger partial charge on any atom is 0.196 e. The molecule has 31 heavy (non-hydrogen) atoms. The van der Waals surface area contributed by atoms with Crippen LogP contribution in [0.2, 0.25) is 0 Å². The van der Waals surface area contributed by atoms with E-state index in [-0.39, 0.29) is 0 Å². The summed E-state index contributed by atoms with van der Waals surface area (Å²) in [7, 11) is 1.65. The van der Waals surface area contributed by atoms with Gasteiger partial charge in [-0.15, -0.1) is 10.2 Å². The number of rotatable bonds is 8. The quantitative estimate of drug-likeness (QED) is 0.350. The van der Waals surface area contributed by atoms with Crippen molar-refractivity contribution in [1.29, 1.82) is 0 Å². The standard InChI is InChI=1S/C23H24N4O3S/c1-5-29-19-11-9-18(10-12-19)27-22(17-7-6-8-20(13-17)28-4)24-25-23(27)31-14-21-15(2)26-30-16(21)3/h6-13H,5,14H2,1-4H3. The Morgan fingerprint density at radius 1 is 1.03 bits per heavy atom. The average Bonchev–Trinajstić information content (AvgIpc) is 3.36. The molecule has 8 heteroatoms. The molecule has 160 valence electrons. The number of aryl methyl sites for hydroxylation is 2. The second-order valence-electron chi connectivity index (χ2n) is 6.89. The van der Waals surface area contributed by atoms with Gasteiger partial charge < -0.3 is 14.0 Å². The fourth-order valence-electron chi connectivity index (χ4n) is 3.25. The first-order chi connectivity index (χ1) is 15.1. The third-order valence-electron chi connectivity index (χ3n) is 4.89. The Kier molecular flexibility index (Phi) is 6.27. The van der Waals surface area contributed by atoms with Crippen molar-refractivity contribution >= 4 is 11.8 Å². The SMILES string of the molecule is CCOc1ccc(-n2c(SCc3c(C)noc3C)nnc2-c2cccc(OC)c2)cc1. The van der Waals surface area contributed by atoms with E-state index in [9.17, 15) is 0 Å². The molecule has 0 saturated heterocycles. The van der Waals surface area contributed by atoms with Crippen LogP contribution in [-0.4, -0.2) is 33.6 Å². The molecule has 0 radical (unpaired) electrons. The number of nitrogens with zero attached hydrogens (tertiary/aromatic N) is 4. The van der Waals surface area contributed by atoms with Gasteiger partial charge in [0.25, 0.3) is 0 Å². The maximum absolute atomic E-state index is 5.60. The van der Waals surface area contributed by atoms with Gasteiger partial charge in [-0.2, -0.15) is 0 Å². The minimum Gasteiger partial charge on any atom is -0.497 e. The molecule has 0 N–H and O–H groups in total. The zero-order chi connectivity index (χ0) is 21.8. The predicted octanol–water partition coefficient (Wildman–Crippen LogP) is 5.24. The van der Waals surface area contributed by atoms with Gasteiger partial charge in [0.2, 0.25) is 0 Å². The Morgan fingerprint density at radius 2 is 1.84 bits per heavy atom. The van der Waals surface area contributed by atoms with E-state index in [2.05, 4.69) is 15.4 Å². The van der Waals surface area contributed by atoms with E-state index in [0.29, 0.717) is 12.4 Å². The molecule has 4 aromatic rings. The van der Waals surface area contributed by atoms with Gasteiger partial charge in [-0.25, -0.2) is 0 Å². The molecule has 0 saturated carbocycles. The Hall–Kier alpha value is -3.26. The fourth-order valence-corrected chi connectivity index (χ4v) is 4.35. The number of benzene rings is 2. The van der Waals surface area contributed by atoms with Crippen molar-refractivity contribution in [2.45, 2.75) is 31.7 Å². The van der Waals surface area contributed by atoms with Crippen LogP contribution in [0.3, 0.4) is 0 Å². The first kappa shape index (κ1) is 21.0. The molecule has 0 spiro atoms. The van der Waals surface area contributed by atoms with E-state index in [1.165, 1.54) is 0 Å². The molecule has 0 aliphatic heterocycles. The molecule has 2 aromatic carbocycles. The number of hydrogen-bond acceptors (Lipinski definition) is 7. The van der Waals surface area contributed by atoms with E-state index in [1.807, 2.05) is 73.9 Å². The van der Waals surface area contributed by atoms with Gasteiger partial charge in [0.15, 0.2) is 11.0 Å². The van der Waals surface area contributed by atoms with Crippen LogP contribution in [0.1, 0.15) is 23.9 Å². The van der Waals surface area contributed by atoms with E-state index < -0.39 is 0 Å². The molecule has 4 rings (SSSR count).